The van der Waals surface area contributed by atoms with E-state index in [2.05, 4.69) is 21.3 Å². The molecule has 0 amide bonds. The molecule has 0 unspecified atom stereocenters. The Kier molecular flexibility index (Phi) is 4.27. The number of aryl methyl sites for hydroxylation is 1. The number of Topliss-reactive ketones (excluding diaryl/α,β-unsaturated/α-hetero) is 1. The number of carbonyl (C=O) groups is 1. The highest BCUT2D eigenvalue weighted by molar-refractivity contribution is 7.99. The van der Waals surface area contributed by atoms with E-state index in [1.54, 1.807) is 0 Å². The van der Waals surface area contributed by atoms with Crippen molar-refractivity contribution in [1.82, 2.24) is 19.7 Å². The summed E-state index contributed by atoms with van der Waals surface area (Å²) in [7, 11) is 1.92. The number of thioether (sulfide) groups is 1. The Hall–Kier alpha value is -1.72. The molecule has 0 bridgehead atoms. The molecule has 0 aromatic carbocycles. The topological polar surface area (TPSA) is 84.5 Å². The standard InChI is InChI=1S/C14H15N5OS2/c1-8-6-21-13(16-8)10(5-15)11(20)7-22-14-18-17-12(19(14)2)9-3-4-9/h6,9-10H,3-4,7H2,1-2H3/t10-/m0/s1. The lowest BCUT2D eigenvalue weighted by molar-refractivity contribution is -0.116. The maximum atomic E-state index is 12.3. The third kappa shape index (κ3) is 3.05. The Balaban J connectivity index is 1.65. The fourth-order valence-electron chi connectivity index (χ4n) is 2.14. The van der Waals surface area contributed by atoms with Crippen LogP contribution in [0.4, 0.5) is 0 Å². The molecular formula is C14H15N5OS2. The molecule has 0 radical (unpaired) electrons. The second-order valence-corrected chi connectivity index (χ2v) is 7.15. The molecule has 2 heterocycles. The minimum absolute atomic E-state index is 0.141. The molecule has 22 heavy (non-hydrogen) atoms. The number of hydrogen-bond donors (Lipinski definition) is 0. The van der Waals surface area contributed by atoms with Crippen LogP contribution in [0.25, 0.3) is 0 Å². The molecule has 0 N–H and O–H groups in total. The Morgan fingerprint density at radius 1 is 1.59 bits per heavy atom. The zero-order valence-corrected chi connectivity index (χ0v) is 13.9. The van der Waals surface area contributed by atoms with E-state index in [1.165, 1.54) is 23.1 Å². The third-order valence-electron chi connectivity index (χ3n) is 3.49. The number of ketones is 1. The highest BCUT2D eigenvalue weighted by Crippen LogP contribution is 2.39. The maximum Gasteiger partial charge on any atom is 0.191 e. The normalized spacial score (nSPS) is 15.5. The van der Waals surface area contributed by atoms with Crippen LogP contribution in [-0.2, 0) is 11.8 Å². The molecule has 1 fully saturated rings. The minimum Gasteiger partial charge on any atom is -0.309 e. The quantitative estimate of drug-likeness (QED) is 0.755. The van der Waals surface area contributed by atoms with Gasteiger partial charge in [0.15, 0.2) is 16.9 Å². The molecule has 1 saturated carbocycles. The van der Waals surface area contributed by atoms with Crippen LogP contribution in [0.15, 0.2) is 10.5 Å². The van der Waals surface area contributed by atoms with Gasteiger partial charge in [-0.1, -0.05) is 11.8 Å². The zero-order chi connectivity index (χ0) is 15.7. The van der Waals surface area contributed by atoms with Crippen molar-refractivity contribution in [3.63, 3.8) is 0 Å². The van der Waals surface area contributed by atoms with Gasteiger partial charge < -0.3 is 4.57 Å². The fourth-order valence-corrected chi connectivity index (χ4v) is 3.82. The van der Waals surface area contributed by atoms with E-state index >= 15 is 0 Å². The molecule has 1 atom stereocenters. The van der Waals surface area contributed by atoms with E-state index in [0.717, 1.165) is 29.5 Å². The van der Waals surface area contributed by atoms with Gasteiger partial charge in [-0.15, -0.1) is 21.5 Å². The Labute approximate surface area is 136 Å². The first-order valence-corrected chi connectivity index (χ1v) is 8.83. The van der Waals surface area contributed by atoms with Gasteiger partial charge in [0.25, 0.3) is 0 Å². The number of thiazole rings is 1. The largest absolute Gasteiger partial charge is 0.309 e. The van der Waals surface area contributed by atoms with E-state index in [4.69, 9.17) is 0 Å². The summed E-state index contributed by atoms with van der Waals surface area (Å²) in [5.41, 5.74) is 0.836. The van der Waals surface area contributed by atoms with Crippen molar-refractivity contribution in [2.45, 2.75) is 36.8 Å². The van der Waals surface area contributed by atoms with Gasteiger partial charge in [-0.05, 0) is 19.8 Å². The molecule has 1 aliphatic rings. The van der Waals surface area contributed by atoms with Gasteiger partial charge in [-0.2, -0.15) is 5.26 Å². The first kappa shape index (κ1) is 15.2. The van der Waals surface area contributed by atoms with Crippen molar-refractivity contribution < 1.29 is 4.79 Å². The fraction of sp³-hybridized carbons (Fsp3) is 0.500. The number of hydrogen-bond acceptors (Lipinski definition) is 7. The van der Waals surface area contributed by atoms with E-state index in [-0.39, 0.29) is 11.5 Å². The van der Waals surface area contributed by atoms with Gasteiger partial charge in [0.2, 0.25) is 0 Å². The molecule has 0 saturated heterocycles. The van der Waals surface area contributed by atoms with Gasteiger partial charge in [0, 0.05) is 24.0 Å². The summed E-state index contributed by atoms with van der Waals surface area (Å²) >= 11 is 2.69. The van der Waals surface area contributed by atoms with E-state index in [9.17, 15) is 10.1 Å². The van der Waals surface area contributed by atoms with Crippen molar-refractivity contribution in [3.8, 4) is 6.07 Å². The lowest BCUT2D eigenvalue weighted by Crippen LogP contribution is -2.13. The number of nitrogens with zero attached hydrogens (tertiary/aromatic N) is 5. The predicted molar refractivity (Wildman–Crippen MR) is 83.9 cm³/mol. The molecule has 0 aliphatic heterocycles. The molecule has 3 rings (SSSR count). The van der Waals surface area contributed by atoms with Crippen LogP contribution in [0, 0.1) is 18.3 Å². The molecule has 1 aliphatic carbocycles. The summed E-state index contributed by atoms with van der Waals surface area (Å²) in [6.07, 6.45) is 2.32. The van der Waals surface area contributed by atoms with Crippen LogP contribution in [0.3, 0.4) is 0 Å². The Morgan fingerprint density at radius 2 is 2.36 bits per heavy atom. The lowest BCUT2D eigenvalue weighted by Gasteiger charge is -2.05. The van der Waals surface area contributed by atoms with Crippen LogP contribution in [0.2, 0.25) is 0 Å². The minimum atomic E-state index is -0.790. The van der Waals surface area contributed by atoms with Crippen LogP contribution in [0.5, 0.6) is 0 Å². The number of rotatable bonds is 6. The smallest absolute Gasteiger partial charge is 0.191 e. The second kappa shape index (κ2) is 6.18. The lowest BCUT2D eigenvalue weighted by atomic mass is 10.1. The average molecular weight is 333 g/mol. The van der Waals surface area contributed by atoms with Crippen LogP contribution in [0.1, 0.15) is 41.2 Å². The van der Waals surface area contributed by atoms with E-state index < -0.39 is 5.92 Å². The van der Waals surface area contributed by atoms with Crippen molar-refractivity contribution in [3.05, 3.63) is 21.9 Å². The Morgan fingerprint density at radius 3 is 2.95 bits per heavy atom. The van der Waals surface area contributed by atoms with E-state index in [0.29, 0.717) is 10.9 Å². The van der Waals surface area contributed by atoms with Crippen LogP contribution >= 0.6 is 23.1 Å². The number of nitriles is 1. The van der Waals surface area contributed by atoms with E-state index in [1.807, 2.05) is 23.9 Å². The first-order valence-electron chi connectivity index (χ1n) is 6.96. The third-order valence-corrected chi connectivity index (χ3v) is 5.56. The monoisotopic (exact) mass is 333 g/mol. The maximum absolute atomic E-state index is 12.3. The second-order valence-electron chi connectivity index (χ2n) is 5.32. The summed E-state index contributed by atoms with van der Waals surface area (Å²) in [5.74, 6) is 0.781. The van der Waals surface area contributed by atoms with Gasteiger partial charge in [0.1, 0.15) is 10.8 Å². The van der Waals surface area contributed by atoms with Gasteiger partial charge in [-0.25, -0.2) is 4.98 Å². The molecule has 8 heteroatoms. The number of carbonyl (C=O) groups excluding carboxylic acids is 1. The summed E-state index contributed by atoms with van der Waals surface area (Å²) in [6.45, 7) is 1.85. The summed E-state index contributed by atoms with van der Waals surface area (Å²) in [5, 5.41) is 20.7. The summed E-state index contributed by atoms with van der Waals surface area (Å²) < 4.78 is 1.95. The van der Waals surface area contributed by atoms with Gasteiger partial charge in [-0.3, -0.25) is 4.79 Å². The predicted octanol–water partition coefficient (Wildman–Crippen LogP) is 2.43. The molecule has 2 aromatic heterocycles. The van der Waals surface area contributed by atoms with Gasteiger partial charge in [0.05, 0.1) is 11.8 Å². The van der Waals surface area contributed by atoms with Crippen molar-refractivity contribution >= 4 is 28.9 Å². The number of aromatic nitrogens is 4. The van der Waals surface area contributed by atoms with Crippen molar-refractivity contribution in [2.75, 3.05) is 5.75 Å². The molecule has 0 spiro atoms. The van der Waals surface area contributed by atoms with Crippen LogP contribution in [-0.4, -0.2) is 31.3 Å². The van der Waals surface area contributed by atoms with Crippen molar-refractivity contribution in [2.24, 2.45) is 7.05 Å². The van der Waals surface area contributed by atoms with Gasteiger partial charge >= 0.3 is 0 Å². The average Bonchev–Trinajstić information content (AvgIpc) is 3.15. The highest BCUT2D eigenvalue weighted by atomic mass is 32.2. The summed E-state index contributed by atoms with van der Waals surface area (Å²) in [4.78, 5) is 16.5. The SMILES string of the molecule is Cc1csc([C@@H](C#N)C(=O)CSc2nnc(C3CC3)n2C)n1. The molecule has 2 aromatic rings. The molecular weight excluding hydrogens is 318 g/mol. The van der Waals surface area contributed by atoms with Crippen molar-refractivity contribution in [1.29, 1.82) is 5.26 Å². The highest BCUT2D eigenvalue weighted by Gasteiger charge is 2.30. The molecule has 114 valence electrons. The first-order chi connectivity index (χ1) is 10.6. The summed E-state index contributed by atoms with van der Waals surface area (Å²) in [6, 6.07) is 2.06. The molecule has 6 nitrogen and oxygen atoms in total. The van der Waals surface area contributed by atoms with Crippen LogP contribution < -0.4 is 0 Å². The Bertz CT molecular complexity index is 741. The zero-order valence-electron chi connectivity index (χ0n) is 12.3.